The van der Waals surface area contributed by atoms with Gasteiger partial charge in [0.05, 0.1) is 10.3 Å². The molecular weight excluding hydrogens is 288 g/mol. The topological polar surface area (TPSA) is 46.1 Å². The van der Waals surface area contributed by atoms with Crippen molar-refractivity contribution in [1.29, 1.82) is 0 Å². The maximum absolute atomic E-state index is 10.7. The van der Waals surface area contributed by atoms with Gasteiger partial charge >= 0.3 is 0 Å². The number of benzene rings is 2. The molecule has 0 aromatic heterocycles. The van der Waals surface area contributed by atoms with E-state index in [0.29, 0.717) is 0 Å². The fourth-order valence-corrected chi connectivity index (χ4v) is 3.18. The van der Waals surface area contributed by atoms with E-state index in [1.807, 2.05) is 12.1 Å². The molecule has 1 aliphatic heterocycles. The smallest absolute Gasteiger partial charge is 0.258 e. The third-order valence-electron chi connectivity index (χ3n) is 4.48. The molecule has 1 heterocycles. The number of para-hydroxylation sites is 1. The van der Waals surface area contributed by atoms with E-state index in [2.05, 4.69) is 49.7 Å². The lowest BCUT2D eigenvalue weighted by Crippen LogP contribution is -2.26. The van der Waals surface area contributed by atoms with E-state index in [1.54, 1.807) is 12.1 Å². The minimum absolute atomic E-state index is 0.0668. The van der Waals surface area contributed by atoms with Crippen molar-refractivity contribution in [2.24, 2.45) is 0 Å². The van der Waals surface area contributed by atoms with Gasteiger partial charge in [0.15, 0.2) is 5.71 Å². The fourth-order valence-electron chi connectivity index (χ4n) is 3.18. The fraction of sp³-hybridized carbons (Fsp3) is 0.211. The first-order valence-electron chi connectivity index (χ1n) is 7.54. The van der Waals surface area contributed by atoms with Crippen molar-refractivity contribution in [3.8, 4) is 0 Å². The third kappa shape index (κ3) is 2.57. The van der Waals surface area contributed by atoms with Gasteiger partial charge in [-0.3, -0.25) is 10.1 Å². The first kappa shape index (κ1) is 15.2. The average molecular weight is 307 g/mol. The Morgan fingerprint density at radius 1 is 1.04 bits per heavy atom. The molecular formula is C19H19N2O2+. The van der Waals surface area contributed by atoms with E-state index in [-0.39, 0.29) is 16.0 Å². The van der Waals surface area contributed by atoms with Gasteiger partial charge in [0.2, 0.25) is 5.69 Å². The minimum Gasteiger partial charge on any atom is -0.258 e. The van der Waals surface area contributed by atoms with E-state index in [9.17, 15) is 10.1 Å². The van der Waals surface area contributed by atoms with Gasteiger partial charge in [0.25, 0.3) is 5.69 Å². The molecule has 0 radical (unpaired) electrons. The molecule has 3 rings (SSSR count). The molecule has 116 valence electrons. The average Bonchev–Trinajstić information content (AvgIpc) is 2.73. The number of nitro groups is 1. The highest BCUT2D eigenvalue weighted by Crippen LogP contribution is 2.39. The molecule has 0 bridgehead atoms. The predicted octanol–water partition coefficient (Wildman–Crippen LogP) is 4.31. The molecule has 23 heavy (non-hydrogen) atoms. The van der Waals surface area contributed by atoms with Crippen LogP contribution in [0.15, 0.2) is 54.6 Å². The van der Waals surface area contributed by atoms with Gasteiger partial charge in [-0.05, 0) is 37.6 Å². The standard InChI is InChI=1S/C19H19N2O2/c1-19(2)16-6-4-5-7-17(16)20(3)18(19)13-10-14-8-11-15(12-9-14)21(22)23/h4-13H,1-3H3/q+1. The van der Waals surface area contributed by atoms with Crippen molar-refractivity contribution >= 4 is 23.2 Å². The van der Waals surface area contributed by atoms with Crippen LogP contribution in [0.5, 0.6) is 0 Å². The number of non-ortho nitro benzene ring substituents is 1. The Labute approximate surface area is 135 Å². The van der Waals surface area contributed by atoms with Gasteiger partial charge < -0.3 is 0 Å². The highest BCUT2D eigenvalue weighted by atomic mass is 16.6. The molecule has 0 spiro atoms. The molecule has 2 aromatic rings. The number of allylic oxidation sites excluding steroid dienone is 1. The van der Waals surface area contributed by atoms with Gasteiger partial charge in [-0.2, -0.15) is 4.58 Å². The highest BCUT2D eigenvalue weighted by Gasteiger charge is 2.42. The number of nitrogens with zero attached hydrogens (tertiary/aromatic N) is 2. The van der Waals surface area contributed by atoms with Crippen LogP contribution in [-0.4, -0.2) is 22.3 Å². The summed E-state index contributed by atoms with van der Waals surface area (Å²) in [4.78, 5) is 10.3. The van der Waals surface area contributed by atoms with E-state index in [4.69, 9.17) is 0 Å². The van der Waals surface area contributed by atoms with Crippen LogP contribution in [0.2, 0.25) is 0 Å². The summed E-state index contributed by atoms with van der Waals surface area (Å²) in [5.41, 5.74) is 4.73. The second-order valence-corrected chi connectivity index (χ2v) is 6.27. The van der Waals surface area contributed by atoms with Crippen LogP contribution in [0.4, 0.5) is 11.4 Å². The summed E-state index contributed by atoms with van der Waals surface area (Å²) in [7, 11) is 2.07. The zero-order valence-corrected chi connectivity index (χ0v) is 13.5. The van der Waals surface area contributed by atoms with E-state index in [1.165, 1.54) is 29.1 Å². The second kappa shape index (κ2) is 5.47. The third-order valence-corrected chi connectivity index (χ3v) is 4.48. The van der Waals surface area contributed by atoms with Gasteiger partial charge in [-0.25, -0.2) is 0 Å². The van der Waals surface area contributed by atoms with Crippen LogP contribution < -0.4 is 0 Å². The number of hydrogen-bond acceptors (Lipinski definition) is 2. The molecule has 0 aliphatic carbocycles. The van der Waals surface area contributed by atoms with Crippen LogP contribution >= 0.6 is 0 Å². The van der Waals surface area contributed by atoms with Crippen molar-refractivity contribution in [1.82, 2.24) is 0 Å². The Bertz CT molecular complexity index is 831. The molecule has 0 amide bonds. The van der Waals surface area contributed by atoms with E-state index in [0.717, 1.165) is 5.56 Å². The molecule has 0 saturated heterocycles. The normalized spacial score (nSPS) is 16.0. The summed E-state index contributed by atoms with van der Waals surface area (Å²) >= 11 is 0. The minimum atomic E-state index is -0.382. The number of hydrogen-bond donors (Lipinski definition) is 0. The van der Waals surface area contributed by atoms with E-state index < -0.39 is 0 Å². The maximum atomic E-state index is 10.7. The van der Waals surface area contributed by atoms with Crippen LogP contribution in [0.3, 0.4) is 0 Å². The van der Waals surface area contributed by atoms with Crippen molar-refractivity contribution in [2.75, 3.05) is 7.05 Å². The van der Waals surface area contributed by atoms with E-state index >= 15 is 0 Å². The van der Waals surface area contributed by atoms with Gasteiger partial charge in [0, 0.05) is 29.8 Å². The Morgan fingerprint density at radius 2 is 1.70 bits per heavy atom. The molecule has 2 aromatic carbocycles. The Morgan fingerprint density at radius 3 is 2.30 bits per heavy atom. The summed E-state index contributed by atoms with van der Waals surface area (Å²) < 4.78 is 2.21. The SMILES string of the molecule is C[N+]1=C(C=Cc2ccc([N+](=O)[O-])cc2)C(C)(C)c2ccccc21. The first-order valence-corrected chi connectivity index (χ1v) is 7.54. The summed E-state index contributed by atoms with van der Waals surface area (Å²) in [5, 5.41) is 10.7. The van der Waals surface area contributed by atoms with Crippen molar-refractivity contribution in [2.45, 2.75) is 19.3 Å². The molecule has 0 saturated carbocycles. The summed E-state index contributed by atoms with van der Waals surface area (Å²) in [6, 6.07) is 15.0. The Kier molecular flexibility index (Phi) is 3.60. The summed E-state index contributed by atoms with van der Waals surface area (Å²) in [5.74, 6) is 0. The van der Waals surface area contributed by atoms with Crippen molar-refractivity contribution < 1.29 is 9.50 Å². The number of rotatable bonds is 3. The maximum Gasteiger partial charge on any atom is 0.269 e. The zero-order valence-electron chi connectivity index (χ0n) is 13.5. The first-order chi connectivity index (χ1) is 10.9. The largest absolute Gasteiger partial charge is 0.269 e. The summed E-state index contributed by atoms with van der Waals surface area (Å²) in [6.07, 6.45) is 4.10. The second-order valence-electron chi connectivity index (χ2n) is 6.27. The highest BCUT2D eigenvalue weighted by molar-refractivity contribution is 6.05. The lowest BCUT2D eigenvalue weighted by Gasteiger charge is -2.15. The van der Waals surface area contributed by atoms with Crippen LogP contribution in [0.1, 0.15) is 25.0 Å². The van der Waals surface area contributed by atoms with Crippen LogP contribution in [-0.2, 0) is 5.41 Å². The van der Waals surface area contributed by atoms with Crippen molar-refractivity contribution in [3.63, 3.8) is 0 Å². The van der Waals surface area contributed by atoms with Crippen LogP contribution in [0.25, 0.3) is 6.08 Å². The molecule has 0 unspecified atom stereocenters. The molecule has 0 atom stereocenters. The Balaban J connectivity index is 1.94. The lowest BCUT2D eigenvalue weighted by molar-refractivity contribution is -0.401. The van der Waals surface area contributed by atoms with Gasteiger partial charge in [-0.15, -0.1) is 0 Å². The molecule has 1 aliphatic rings. The lowest BCUT2D eigenvalue weighted by atomic mass is 9.81. The number of fused-ring (bicyclic) bond motifs is 1. The molecule has 4 heteroatoms. The molecule has 0 N–H and O–H groups in total. The van der Waals surface area contributed by atoms with Gasteiger partial charge in [-0.1, -0.05) is 18.2 Å². The monoisotopic (exact) mass is 307 g/mol. The van der Waals surface area contributed by atoms with Crippen LogP contribution in [0, 0.1) is 10.1 Å². The van der Waals surface area contributed by atoms with Gasteiger partial charge in [0.1, 0.15) is 7.05 Å². The molecule has 4 nitrogen and oxygen atoms in total. The molecule has 0 fully saturated rings. The zero-order chi connectivity index (χ0) is 16.6. The Hall–Kier alpha value is -2.75. The van der Waals surface area contributed by atoms with Crippen molar-refractivity contribution in [3.05, 3.63) is 75.8 Å². The quantitative estimate of drug-likeness (QED) is 0.482. The predicted molar refractivity (Wildman–Crippen MR) is 92.4 cm³/mol. The summed E-state index contributed by atoms with van der Waals surface area (Å²) in [6.45, 7) is 4.43. The number of nitro benzene ring substituents is 1.